The molecule has 0 saturated carbocycles. The fourth-order valence-corrected chi connectivity index (χ4v) is 13.8. The molecule has 0 bridgehead atoms. The molecule has 3 heterocycles. The number of benzene rings is 6. The van der Waals surface area contributed by atoms with Crippen molar-refractivity contribution in [2.45, 2.75) is 71.5 Å². The Balaban J connectivity index is 0.000000207. The van der Waals surface area contributed by atoms with Gasteiger partial charge in [0.05, 0.1) is 128 Å². The van der Waals surface area contributed by atoms with Gasteiger partial charge in [0.1, 0.15) is 47.7 Å². The third kappa shape index (κ3) is 18.3. The maximum absolute atomic E-state index is 13.9. The SMILES string of the molecule is CCOC(=O)c1ccc2c(c1)n([C@@H](CS(C)(=O)=O)c1ccc(OC)c(OCC)c1)c(=O)n2C.CCOc1cc([C@H](CS(C)(=O)=O)n2c(=O)n(CC(F)(F)F)c3cc(F)ccc32)ccc1OC.CCOc1cc([C@H](CS(C)(=O)=O)n2c(=O)n(CC(F)F)c3cc(F)ccc32)ccc1OC. The predicted molar refractivity (Wildman–Crippen MR) is 354 cm³/mol. The van der Waals surface area contributed by atoms with Gasteiger partial charge >= 0.3 is 29.2 Å². The Morgan fingerprint density at radius 3 is 1.17 bits per heavy atom. The fourth-order valence-electron chi connectivity index (χ4n) is 11.1. The zero-order chi connectivity index (χ0) is 72.5. The van der Waals surface area contributed by atoms with Gasteiger partial charge in [-0.15, -0.1) is 0 Å². The highest BCUT2D eigenvalue weighted by molar-refractivity contribution is 7.91. The van der Waals surface area contributed by atoms with E-state index >= 15 is 0 Å². The van der Waals surface area contributed by atoms with E-state index in [9.17, 15) is 75.2 Å². The largest absolute Gasteiger partial charge is 0.493 e. The Morgan fingerprint density at radius 2 is 0.827 bits per heavy atom. The number of hydrogen-bond donors (Lipinski definition) is 0. The van der Waals surface area contributed by atoms with Crippen LogP contribution >= 0.6 is 0 Å². The first-order valence-corrected chi connectivity index (χ1v) is 36.2. The smallest absolute Gasteiger partial charge is 0.406 e. The van der Waals surface area contributed by atoms with Gasteiger partial charge < -0.3 is 33.2 Å². The maximum atomic E-state index is 13.9. The number of halogens is 7. The van der Waals surface area contributed by atoms with Crippen molar-refractivity contribution in [2.24, 2.45) is 7.05 Å². The van der Waals surface area contributed by atoms with Crippen molar-refractivity contribution in [2.75, 3.05) is 83.8 Å². The molecule has 0 aliphatic rings. The average molecular weight is 1440 g/mol. The summed E-state index contributed by atoms with van der Waals surface area (Å²) in [7, 11) is -4.88. The second-order valence-corrected chi connectivity index (χ2v) is 28.8. The van der Waals surface area contributed by atoms with E-state index in [0.29, 0.717) is 74.3 Å². The number of aromatic nitrogens is 6. The number of esters is 1. The van der Waals surface area contributed by atoms with Crippen LogP contribution in [0.1, 0.15) is 72.9 Å². The summed E-state index contributed by atoms with van der Waals surface area (Å²) in [5.41, 5.74) is -0.135. The Kier molecular flexibility index (Phi) is 24.5. The fraction of sp³-hybridized carbons (Fsp3) is 0.385. The summed E-state index contributed by atoms with van der Waals surface area (Å²) in [6, 6.07) is 22.2. The summed E-state index contributed by atoms with van der Waals surface area (Å²) in [5.74, 6) is -1.17. The molecule has 532 valence electrons. The van der Waals surface area contributed by atoms with Gasteiger partial charge in [0, 0.05) is 25.8 Å². The Morgan fingerprint density at radius 1 is 0.459 bits per heavy atom. The van der Waals surface area contributed by atoms with Gasteiger partial charge in [-0.3, -0.25) is 27.4 Å². The number of carbonyl (C=O) groups is 1. The van der Waals surface area contributed by atoms with E-state index < -0.39 is 120 Å². The molecule has 6 aromatic carbocycles. The zero-order valence-electron chi connectivity index (χ0n) is 55.1. The molecule has 3 aromatic heterocycles. The van der Waals surface area contributed by atoms with Crippen LogP contribution in [0, 0.1) is 11.6 Å². The number of hydrogen-bond acceptors (Lipinski definition) is 17. The molecule has 9 rings (SSSR count). The van der Waals surface area contributed by atoms with Gasteiger partial charge in [-0.1, -0.05) is 18.2 Å². The molecular formula is C65H73F7N6O17S3. The highest BCUT2D eigenvalue weighted by Gasteiger charge is 2.34. The van der Waals surface area contributed by atoms with E-state index in [1.54, 1.807) is 82.4 Å². The topological polar surface area (TPSA) is 265 Å². The number of alkyl halides is 5. The summed E-state index contributed by atoms with van der Waals surface area (Å²) >= 11 is 0. The van der Waals surface area contributed by atoms with Gasteiger partial charge in [-0.25, -0.2) is 62.0 Å². The third-order valence-corrected chi connectivity index (χ3v) is 17.8. The van der Waals surface area contributed by atoms with E-state index in [0.717, 1.165) is 62.8 Å². The molecule has 9 aromatic rings. The van der Waals surface area contributed by atoms with Crippen LogP contribution in [0.25, 0.3) is 33.1 Å². The molecule has 0 amide bonds. The summed E-state index contributed by atoms with van der Waals surface area (Å²) < 4.78 is 211. The van der Waals surface area contributed by atoms with E-state index in [2.05, 4.69) is 0 Å². The van der Waals surface area contributed by atoms with Gasteiger partial charge in [0.25, 0.3) is 6.43 Å². The van der Waals surface area contributed by atoms with Gasteiger partial charge in [-0.05, 0) is 135 Å². The van der Waals surface area contributed by atoms with Gasteiger partial charge in [-0.2, -0.15) is 13.2 Å². The first-order chi connectivity index (χ1) is 46.0. The van der Waals surface area contributed by atoms with E-state index in [-0.39, 0.29) is 52.3 Å². The summed E-state index contributed by atoms with van der Waals surface area (Å²) in [4.78, 5) is 51.9. The summed E-state index contributed by atoms with van der Waals surface area (Å²) in [6.45, 7) is 5.57. The third-order valence-electron chi connectivity index (χ3n) is 15.0. The van der Waals surface area contributed by atoms with Crippen LogP contribution in [0.3, 0.4) is 0 Å². The number of aryl methyl sites for hydroxylation is 1. The number of ether oxygens (including phenoxy) is 7. The lowest BCUT2D eigenvalue weighted by atomic mass is 10.1. The monoisotopic (exact) mass is 1440 g/mol. The average Bonchev–Trinajstić information content (AvgIpc) is 1.60. The standard InChI is InChI=1S/C23H28N2O7S.C21H22F4N2O5S.C21H23F3N2O5S/c1-6-31-21-13-15(9-11-20(21)30-4)19(14-33(5,28)29)25-18-12-16(22(26)32-7-2)8-10-17(18)24(3)23(25)27;1-4-32-19-9-13(5-8-18(19)31-2)17(11-33(3,29)30)27-15-7-6-14(22)10-16(15)26(20(27)28)12-21(23,24)25;1-4-31-19-9-13(5-8-18(19)30-2)17(12-32(3,28)29)26-15-7-6-14(22)10-16(15)25(21(26)27)11-20(23)24/h8-13,19H,6-7,14H2,1-5H3;5-10,17H,4,11-12H2,1-3H3;5-10,17,20H,4,11-12H2,1-3H3/t19-;2*17-/m000/s1. The lowest BCUT2D eigenvalue weighted by molar-refractivity contribution is -0.140. The number of methoxy groups -OCH3 is 3. The van der Waals surface area contributed by atoms with Crippen LogP contribution in [0.5, 0.6) is 34.5 Å². The molecular weight excluding hydrogens is 1370 g/mol. The summed E-state index contributed by atoms with van der Waals surface area (Å²) in [6.07, 6.45) is -4.55. The maximum Gasteiger partial charge on any atom is 0.406 e. The molecule has 0 unspecified atom stereocenters. The molecule has 0 saturated heterocycles. The van der Waals surface area contributed by atoms with E-state index in [1.807, 2.05) is 6.92 Å². The molecule has 0 spiro atoms. The molecule has 23 nitrogen and oxygen atoms in total. The number of imidazole rings is 3. The predicted octanol–water partition coefficient (Wildman–Crippen LogP) is 9.35. The van der Waals surface area contributed by atoms with Crippen molar-refractivity contribution in [3.63, 3.8) is 0 Å². The first kappa shape index (κ1) is 76.1. The molecule has 0 fully saturated rings. The minimum atomic E-state index is -4.76. The number of carbonyl (C=O) groups excluding carboxylic acids is 1. The van der Waals surface area contributed by atoms with E-state index in [1.165, 1.54) is 54.7 Å². The van der Waals surface area contributed by atoms with E-state index in [4.69, 9.17) is 33.2 Å². The van der Waals surface area contributed by atoms with Crippen LogP contribution < -0.4 is 45.5 Å². The van der Waals surface area contributed by atoms with Gasteiger partial charge in [0.2, 0.25) is 0 Å². The number of nitrogens with zero attached hydrogens (tertiary/aromatic N) is 6. The van der Waals surface area contributed by atoms with Crippen LogP contribution in [-0.2, 0) is 54.4 Å². The van der Waals surface area contributed by atoms with Crippen molar-refractivity contribution in [3.8, 4) is 34.5 Å². The first-order valence-electron chi connectivity index (χ1n) is 30.0. The number of rotatable bonds is 26. The Hall–Kier alpha value is -9.24. The van der Waals surface area contributed by atoms with Crippen LogP contribution in [-0.4, -0.2) is 155 Å². The molecule has 3 atom stereocenters. The molecule has 33 heteroatoms. The molecule has 0 aliphatic heterocycles. The lowest BCUT2D eigenvalue weighted by Crippen LogP contribution is -2.34. The number of sulfone groups is 3. The molecule has 0 N–H and O–H groups in total. The van der Waals surface area contributed by atoms with Crippen LogP contribution in [0.15, 0.2) is 124 Å². The second kappa shape index (κ2) is 31.5. The normalized spacial score (nSPS) is 12.9. The highest BCUT2D eigenvalue weighted by Crippen LogP contribution is 2.37. The Bertz CT molecular complexity index is 4930. The van der Waals surface area contributed by atoms with Crippen LogP contribution in [0.2, 0.25) is 0 Å². The van der Waals surface area contributed by atoms with Crippen molar-refractivity contribution in [1.29, 1.82) is 0 Å². The van der Waals surface area contributed by atoms with Crippen molar-refractivity contribution in [1.82, 2.24) is 27.4 Å². The second-order valence-electron chi connectivity index (χ2n) is 22.3. The number of fused-ring (bicyclic) bond motifs is 3. The quantitative estimate of drug-likeness (QED) is 0.0361. The minimum absolute atomic E-state index is 0.0342. The molecule has 0 aliphatic carbocycles. The van der Waals surface area contributed by atoms with Crippen molar-refractivity contribution >= 4 is 68.6 Å². The minimum Gasteiger partial charge on any atom is -0.493 e. The zero-order valence-corrected chi connectivity index (χ0v) is 57.5. The van der Waals surface area contributed by atoms with Crippen LogP contribution in [0.4, 0.5) is 30.7 Å². The molecule has 98 heavy (non-hydrogen) atoms. The van der Waals surface area contributed by atoms with Crippen molar-refractivity contribution in [3.05, 3.63) is 175 Å². The molecule has 0 radical (unpaired) electrons. The Labute approximate surface area is 558 Å². The van der Waals surface area contributed by atoms with Crippen molar-refractivity contribution < 1.29 is 93.9 Å². The summed E-state index contributed by atoms with van der Waals surface area (Å²) in [5, 5.41) is 0. The lowest BCUT2D eigenvalue weighted by Gasteiger charge is -2.20. The van der Waals surface area contributed by atoms with Gasteiger partial charge in [0.15, 0.2) is 34.5 Å². The highest BCUT2D eigenvalue weighted by atomic mass is 32.2.